The van der Waals surface area contributed by atoms with E-state index in [2.05, 4.69) is 23.2 Å². The summed E-state index contributed by atoms with van der Waals surface area (Å²) in [5.74, 6) is 0. The minimum absolute atomic E-state index is 0.0985. The number of benzene rings is 2. The Morgan fingerprint density at radius 2 is 1.87 bits per heavy atom. The van der Waals surface area contributed by atoms with E-state index in [1.165, 1.54) is 10.8 Å². The summed E-state index contributed by atoms with van der Waals surface area (Å²) in [7, 11) is 0. The van der Waals surface area contributed by atoms with Crippen LogP contribution < -0.4 is 0 Å². The van der Waals surface area contributed by atoms with Crippen molar-refractivity contribution >= 4 is 17.0 Å². The van der Waals surface area contributed by atoms with Crippen LogP contribution in [0.5, 0.6) is 0 Å². The molecule has 0 fully saturated rings. The van der Waals surface area contributed by atoms with Gasteiger partial charge in [0.1, 0.15) is 0 Å². The van der Waals surface area contributed by atoms with Gasteiger partial charge >= 0.3 is 0 Å². The van der Waals surface area contributed by atoms with Gasteiger partial charge in [0.15, 0.2) is 0 Å². The van der Waals surface area contributed by atoms with Gasteiger partial charge in [-0.25, -0.2) is 0 Å². The van der Waals surface area contributed by atoms with E-state index in [1.54, 1.807) is 0 Å². The van der Waals surface area contributed by atoms with Crippen molar-refractivity contribution in [3.05, 3.63) is 48.0 Å². The molecule has 0 aliphatic carbocycles. The zero-order chi connectivity index (χ0) is 10.5. The van der Waals surface area contributed by atoms with Crippen molar-refractivity contribution in [2.24, 2.45) is 4.99 Å². The number of nitrogens with zero attached hydrogens (tertiary/aromatic N) is 1. The van der Waals surface area contributed by atoms with E-state index in [0.717, 1.165) is 5.56 Å². The molecule has 0 unspecified atom stereocenters. The molecule has 0 atom stereocenters. The quantitative estimate of drug-likeness (QED) is 0.755. The van der Waals surface area contributed by atoms with Crippen molar-refractivity contribution in [3.8, 4) is 0 Å². The average molecular weight is 199 g/mol. The molecule has 0 amide bonds. The Morgan fingerprint density at radius 1 is 1.07 bits per heavy atom. The van der Waals surface area contributed by atoms with E-state index in [9.17, 15) is 0 Å². The van der Waals surface area contributed by atoms with Crippen molar-refractivity contribution in [1.82, 2.24) is 0 Å². The number of hydrogen-bond acceptors (Lipinski definition) is 2. The highest BCUT2D eigenvalue weighted by atomic mass is 16.3. The highest BCUT2D eigenvalue weighted by Gasteiger charge is 1.95. The number of hydrogen-bond donors (Lipinski definition) is 1. The van der Waals surface area contributed by atoms with Crippen LogP contribution in [0.3, 0.4) is 0 Å². The largest absolute Gasteiger partial charge is 0.394 e. The summed E-state index contributed by atoms with van der Waals surface area (Å²) in [5, 5.41) is 11.1. The number of aliphatic hydroxyl groups is 1. The maximum absolute atomic E-state index is 8.64. The summed E-state index contributed by atoms with van der Waals surface area (Å²) < 4.78 is 0. The van der Waals surface area contributed by atoms with Crippen molar-refractivity contribution in [2.45, 2.75) is 0 Å². The molecule has 0 aliphatic heterocycles. The lowest BCUT2D eigenvalue weighted by atomic mass is 10.1. The first-order chi connectivity index (χ1) is 7.42. The highest BCUT2D eigenvalue weighted by molar-refractivity contribution is 5.99. The predicted octanol–water partition coefficient (Wildman–Crippen LogP) is 2.25. The summed E-state index contributed by atoms with van der Waals surface area (Å²) >= 11 is 0. The fourth-order valence-electron chi connectivity index (χ4n) is 1.58. The van der Waals surface area contributed by atoms with Gasteiger partial charge in [0.2, 0.25) is 0 Å². The zero-order valence-electron chi connectivity index (χ0n) is 8.43. The van der Waals surface area contributed by atoms with Crippen LogP contribution in [0.1, 0.15) is 5.56 Å². The second kappa shape index (κ2) is 4.71. The van der Waals surface area contributed by atoms with Crippen molar-refractivity contribution in [2.75, 3.05) is 13.2 Å². The minimum Gasteiger partial charge on any atom is -0.394 e. The summed E-state index contributed by atoms with van der Waals surface area (Å²) in [5.41, 5.74) is 1.10. The molecule has 0 saturated carbocycles. The molecule has 2 rings (SSSR count). The van der Waals surface area contributed by atoms with Crippen LogP contribution in [0, 0.1) is 0 Å². The standard InChI is InChI=1S/C13H13NO/c15-9-8-14-10-12-6-3-5-11-4-1-2-7-13(11)12/h1-7,10,15H,8-9H2. The van der Waals surface area contributed by atoms with Gasteiger partial charge in [-0.05, 0) is 10.8 Å². The smallest absolute Gasteiger partial charge is 0.0626 e. The summed E-state index contributed by atoms with van der Waals surface area (Å²) in [6, 6.07) is 14.3. The Hall–Kier alpha value is -1.67. The Balaban J connectivity index is 2.42. The molecule has 0 heterocycles. The highest BCUT2D eigenvalue weighted by Crippen LogP contribution is 2.16. The summed E-state index contributed by atoms with van der Waals surface area (Å²) in [6.07, 6.45) is 1.82. The van der Waals surface area contributed by atoms with Crippen LogP contribution in [0.2, 0.25) is 0 Å². The van der Waals surface area contributed by atoms with Crippen molar-refractivity contribution < 1.29 is 5.11 Å². The lowest BCUT2D eigenvalue weighted by Crippen LogP contribution is -1.90. The molecule has 76 valence electrons. The van der Waals surface area contributed by atoms with Gasteiger partial charge in [0, 0.05) is 11.8 Å². The van der Waals surface area contributed by atoms with Gasteiger partial charge in [0.25, 0.3) is 0 Å². The molecule has 2 heteroatoms. The van der Waals surface area contributed by atoms with Crippen LogP contribution in [0.4, 0.5) is 0 Å². The molecule has 0 radical (unpaired) electrons. The molecular weight excluding hydrogens is 186 g/mol. The number of fused-ring (bicyclic) bond motifs is 1. The topological polar surface area (TPSA) is 32.6 Å². The van der Waals surface area contributed by atoms with Crippen LogP contribution in [0.15, 0.2) is 47.5 Å². The average Bonchev–Trinajstić information content (AvgIpc) is 2.30. The molecule has 2 aromatic rings. The molecule has 0 bridgehead atoms. The predicted molar refractivity (Wildman–Crippen MR) is 63.5 cm³/mol. The molecule has 2 aromatic carbocycles. The first kappa shape index (κ1) is 9.87. The maximum atomic E-state index is 8.64. The van der Waals surface area contributed by atoms with Crippen LogP contribution in [-0.4, -0.2) is 24.5 Å². The monoisotopic (exact) mass is 199 g/mol. The minimum atomic E-state index is 0.0985. The number of aliphatic imine (C=N–C) groups is 1. The first-order valence-electron chi connectivity index (χ1n) is 5.00. The Labute approximate surface area is 88.9 Å². The van der Waals surface area contributed by atoms with Crippen LogP contribution in [0.25, 0.3) is 10.8 Å². The van der Waals surface area contributed by atoms with Crippen molar-refractivity contribution in [3.63, 3.8) is 0 Å². The molecule has 0 saturated heterocycles. The van der Waals surface area contributed by atoms with Crippen molar-refractivity contribution in [1.29, 1.82) is 0 Å². The third-order valence-electron chi connectivity index (χ3n) is 2.28. The molecule has 1 N–H and O–H groups in total. The van der Waals surface area contributed by atoms with E-state index < -0.39 is 0 Å². The van der Waals surface area contributed by atoms with E-state index in [4.69, 9.17) is 5.11 Å². The lowest BCUT2D eigenvalue weighted by Gasteiger charge is -2.00. The van der Waals surface area contributed by atoms with Crippen LogP contribution >= 0.6 is 0 Å². The maximum Gasteiger partial charge on any atom is 0.0626 e. The molecular formula is C13H13NO. The SMILES string of the molecule is OCCN=Cc1cccc2ccccc12. The third kappa shape index (κ3) is 2.22. The summed E-state index contributed by atoms with van der Waals surface area (Å²) in [6.45, 7) is 0.560. The van der Waals surface area contributed by atoms with Gasteiger partial charge in [-0.3, -0.25) is 4.99 Å². The lowest BCUT2D eigenvalue weighted by molar-refractivity contribution is 0.307. The molecule has 0 aromatic heterocycles. The number of rotatable bonds is 3. The zero-order valence-corrected chi connectivity index (χ0v) is 8.43. The van der Waals surface area contributed by atoms with Gasteiger partial charge < -0.3 is 5.11 Å². The molecule has 2 nitrogen and oxygen atoms in total. The second-order valence-corrected chi connectivity index (χ2v) is 3.33. The molecule has 0 spiro atoms. The van der Waals surface area contributed by atoms with E-state index in [1.807, 2.05) is 30.5 Å². The normalized spacial score (nSPS) is 11.3. The van der Waals surface area contributed by atoms with Gasteiger partial charge in [0.05, 0.1) is 13.2 Å². The second-order valence-electron chi connectivity index (χ2n) is 3.33. The van der Waals surface area contributed by atoms with E-state index in [-0.39, 0.29) is 6.61 Å². The fourth-order valence-corrected chi connectivity index (χ4v) is 1.58. The van der Waals surface area contributed by atoms with Crippen LogP contribution in [-0.2, 0) is 0 Å². The third-order valence-corrected chi connectivity index (χ3v) is 2.28. The molecule has 0 aliphatic rings. The number of aliphatic hydroxyl groups excluding tert-OH is 1. The first-order valence-corrected chi connectivity index (χ1v) is 5.00. The molecule has 15 heavy (non-hydrogen) atoms. The Kier molecular flexibility index (Phi) is 3.10. The van der Waals surface area contributed by atoms with Gasteiger partial charge in [-0.2, -0.15) is 0 Å². The van der Waals surface area contributed by atoms with Gasteiger partial charge in [-0.15, -0.1) is 0 Å². The van der Waals surface area contributed by atoms with E-state index in [0.29, 0.717) is 6.54 Å². The van der Waals surface area contributed by atoms with E-state index >= 15 is 0 Å². The Morgan fingerprint density at radius 3 is 2.73 bits per heavy atom. The Bertz CT molecular complexity index is 471. The van der Waals surface area contributed by atoms with Gasteiger partial charge in [-0.1, -0.05) is 42.5 Å². The summed E-state index contributed by atoms with van der Waals surface area (Å²) in [4.78, 5) is 4.14. The fraction of sp³-hybridized carbons (Fsp3) is 0.154.